The highest BCUT2D eigenvalue weighted by Gasteiger charge is 2.05. The molecule has 66 valence electrons. The van der Waals surface area contributed by atoms with Crippen molar-refractivity contribution < 1.29 is 4.74 Å². The van der Waals surface area contributed by atoms with E-state index in [1.54, 1.807) is 13.2 Å². The highest BCUT2D eigenvalue weighted by Crippen LogP contribution is 2.30. The fourth-order valence-electron chi connectivity index (χ4n) is 0.884. The zero-order valence-electron chi connectivity index (χ0n) is 6.60. The van der Waals surface area contributed by atoms with Gasteiger partial charge in [0.2, 0.25) is 0 Å². The predicted octanol–water partition coefficient (Wildman–Crippen LogP) is 2.57. The van der Waals surface area contributed by atoms with Crippen LogP contribution in [0.5, 0.6) is 5.75 Å². The average molecular weight is 251 g/mol. The van der Waals surface area contributed by atoms with Gasteiger partial charge in [0.05, 0.1) is 11.6 Å². The fraction of sp³-hybridized carbons (Fsp3) is 0.250. The maximum absolute atomic E-state index is 5.89. The average Bonchev–Trinajstić information content (AvgIpc) is 2.05. The minimum Gasteiger partial charge on any atom is -0.496 e. The lowest BCUT2D eigenvalue weighted by atomic mass is 10.2. The molecule has 0 fully saturated rings. The Labute approximate surface area is 84.8 Å². The van der Waals surface area contributed by atoms with Crippen LogP contribution in [0.4, 0.5) is 0 Å². The SMILES string of the molecule is COc1cc(CN)c(Cl)cc1Br. The predicted molar refractivity (Wildman–Crippen MR) is 53.6 cm³/mol. The van der Waals surface area contributed by atoms with Crippen molar-refractivity contribution in [3.8, 4) is 5.75 Å². The molecule has 1 rings (SSSR count). The third kappa shape index (κ3) is 1.91. The summed E-state index contributed by atoms with van der Waals surface area (Å²) < 4.78 is 5.92. The van der Waals surface area contributed by atoms with Crippen molar-refractivity contribution in [2.24, 2.45) is 5.73 Å². The molecule has 2 nitrogen and oxygen atoms in total. The maximum Gasteiger partial charge on any atom is 0.133 e. The minimum absolute atomic E-state index is 0.419. The Bertz CT molecular complexity index is 265. The molecule has 0 radical (unpaired) electrons. The van der Waals surface area contributed by atoms with Gasteiger partial charge in [0.1, 0.15) is 5.75 Å². The van der Waals surface area contributed by atoms with E-state index in [2.05, 4.69) is 15.9 Å². The van der Waals surface area contributed by atoms with Gasteiger partial charge in [-0.2, -0.15) is 0 Å². The first kappa shape index (κ1) is 9.84. The molecule has 0 amide bonds. The van der Waals surface area contributed by atoms with E-state index in [0.29, 0.717) is 11.6 Å². The van der Waals surface area contributed by atoms with E-state index in [4.69, 9.17) is 22.1 Å². The molecule has 0 aromatic heterocycles. The lowest BCUT2D eigenvalue weighted by molar-refractivity contribution is 0.411. The second kappa shape index (κ2) is 4.12. The van der Waals surface area contributed by atoms with Gasteiger partial charge in [-0.05, 0) is 33.6 Å². The van der Waals surface area contributed by atoms with Crippen molar-refractivity contribution >= 4 is 27.5 Å². The summed E-state index contributed by atoms with van der Waals surface area (Å²) >= 11 is 9.21. The molecule has 12 heavy (non-hydrogen) atoms. The van der Waals surface area contributed by atoms with Gasteiger partial charge in [-0.1, -0.05) is 11.6 Å². The van der Waals surface area contributed by atoms with Crippen molar-refractivity contribution in [2.45, 2.75) is 6.54 Å². The van der Waals surface area contributed by atoms with Crippen molar-refractivity contribution in [3.63, 3.8) is 0 Å². The van der Waals surface area contributed by atoms with Crippen LogP contribution >= 0.6 is 27.5 Å². The summed E-state index contributed by atoms with van der Waals surface area (Å²) in [5.41, 5.74) is 6.35. The van der Waals surface area contributed by atoms with Crippen LogP contribution in [0.2, 0.25) is 5.02 Å². The quantitative estimate of drug-likeness (QED) is 0.875. The maximum atomic E-state index is 5.89. The molecule has 1 aromatic rings. The zero-order valence-corrected chi connectivity index (χ0v) is 8.95. The van der Waals surface area contributed by atoms with Gasteiger partial charge in [-0.15, -0.1) is 0 Å². The molecule has 0 spiro atoms. The summed E-state index contributed by atoms with van der Waals surface area (Å²) in [4.78, 5) is 0. The second-order valence-corrected chi connectivity index (χ2v) is 3.54. The van der Waals surface area contributed by atoms with Crippen LogP contribution in [0.25, 0.3) is 0 Å². The summed E-state index contributed by atoms with van der Waals surface area (Å²) in [5, 5.41) is 0.658. The van der Waals surface area contributed by atoms with Crippen molar-refractivity contribution in [1.29, 1.82) is 0 Å². The van der Waals surface area contributed by atoms with E-state index < -0.39 is 0 Å². The molecule has 0 aliphatic rings. The molecule has 0 atom stereocenters. The molecule has 2 N–H and O–H groups in total. The van der Waals surface area contributed by atoms with E-state index in [-0.39, 0.29) is 0 Å². The van der Waals surface area contributed by atoms with Gasteiger partial charge >= 0.3 is 0 Å². The Balaban J connectivity index is 3.18. The lowest BCUT2D eigenvalue weighted by Crippen LogP contribution is -1.98. The van der Waals surface area contributed by atoms with Gasteiger partial charge in [0, 0.05) is 11.6 Å². The van der Waals surface area contributed by atoms with Crippen LogP contribution in [0.15, 0.2) is 16.6 Å². The normalized spacial score (nSPS) is 10.0. The van der Waals surface area contributed by atoms with Crippen molar-refractivity contribution in [3.05, 3.63) is 27.2 Å². The second-order valence-electron chi connectivity index (χ2n) is 2.28. The van der Waals surface area contributed by atoms with Crippen molar-refractivity contribution in [2.75, 3.05) is 7.11 Å². The molecule has 0 unspecified atom stereocenters. The van der Waals surface area contributed by atoms with Crippen LogP contribution in [0.1, 0.15) is 5.56 Å². The molecule has 0 aliphatic carbocycles. The first-order valence-corrected chi connectivity index (χ1v) is 4.58. The Morgan fingerprint density at radius 3 is 2.75 bits per heavy atom. The number of rotatable bonds is 2. The molecule has 4 heteroatoms. The zero-order chi connectivity index (χ0) is 9.14. The number of nitrogens with two attached hydrogens (primary N) is 1. The van der Waals surface area contributed by atoms with E-state index in [1.807, 2.05) is 6.07 Å². The Kier molecular flexibility index (Phi) is 3.38. The fourth-order valence-corrected chi connectivity index (χ4v) is 1.76. The molecule has 0 heterocycles. The van der Waals surface area contributed by atoms with Crippen LogP contribution in [-0.2, 0) is 6.54 Å². The summed E-state index contributed by atoms with van der Waals surface area (Å²) in [7, 11) is 1.61. The summed E-state index contributed by atoms with van der Waals surface area (Å²) in [5.74, 6) is 0.750. The van der Waals surface area contributed by atoms with E-state index in [0.717, 1.165) is 15.8 Å². The number of methoxy groups -OCH3 is 1. The number of benzene rings is 1. The van der Waals surface area contributed by atoms with Gasteiger partial charge < -0.3 is 10.5 Å². The molecular weight excluding hydrogens is 241 g/mol. The third-order valence-electron chi connectivity index (χ3n) is 1.54. The Hall–Kier alpha value is -0.250. The van der Waals surface area contributed by atoms with E-state index >= 15 is 0 Å². The van der Waals surface area contributed by atoms with Gasteiger partial charge in [-0.3, -0.25) is 0 Å². The van der Waals surface area contributed by atoms with Gasteiger partial charge in [0.15, 0.2) is 0 Å². The highest BCUT2D eigenvalue weighted by atomic mass is 79.9. The summed E-state index contributed by atoms with van der Waals surface area (Å²) in [6.45, 7) is 0.419. The molecular formula is C8H9BrClNO. The Morgan fingerprint density at radius 2 is 2.25 bits per heavy atom. The molecule has 0 saturated carbocycles. The minimum atomic E-state index is 0.419. The van der Waals surface area contributed by atoms with Crippen LogP contribution in [0, 0.1) is 0 Å². The number of ether oxygens (including phenoxy) is 1. The van der Waals surface area contributed by atoms with Crippen molar-refractivity contribution in [1.82, 2.24) is 0 Å². The number of hydrogen-bond donors (Lipinski definition) is 1. The van der Waals surface area contributed by atoms with E-state index in [1.165, 1.54) is 0 Å². The standard InChI is InChI=1S/C8H9BrClNO/c1-12-8-2-5(4-11)7(10)3-6(8)9/h2-3H,4,11H2,1H3. The Morgan fingerprint density at radius 1 is 1.58 bits per heavy atom. The topological polar surface area (TPSA) is 35.2 Å². The summed E-state index contributed by atoms with van der Waals surface area (Å²) in [6.07, 6.45) is 0. The van der Waals surface area contributed by atoms with Crippen LogP contribution in [-0.4, -0.2) is 7.11 Å². The van der Waals surface area contributed by atoms with E-state index in [9.17, 15) is 0 Å². The van der Waals surface area contributed by atoms with Gasteiger partial charge in [-0.25, -0.2) is 0 Å². The summed E-state index contributed by atoms with van der Waals surface area (Å²) in [6, 6.07) is 3.61. The first-order chi connectivity index (χ1) is 5.69. The molecule has 0 saturated heterocycles. The molecule has 0 aliphatic heterocycles. The number of halogens is 2. The first-order valence-electron chi connectivity index (χ1n) is 3.41. The molecule has 1 aromatic carbocycles. The highest BCUT2D eigenvalue weighted by molar-refractivity contribution is 9.10. The van der Waals surface area contributed by atoms with Crippen LogP contribution in [0.3, 0.4) is 0 Å². The lowest BCUT2D eigenvalue weighted by Gasteiger charge is -2.06. The van der Waals surface area contributed by atoms with Crippen LogP contribution < -0.4 is 10.5 Å². The smallest absolute Gasteiger partial charge is 0.133 e. The molecule has 0 bridgehead atoms. The van der Waals surface area contributed by atoms with Gasteiger partial charge in [0.25, 0.3) is 0 Å². The largest absolute Gasteiger partial charge is 0.496 e. The number of hydrogen-bond acceptors (Lipinski definition) is 2. The monoisotopic (exact) mass is 249 g/mol. The third-order valence-corrected chi connectivity index (χ3v) is 2.51.